The van der Waals surface area contributed by atoms with Gasteiger partial charge in [-0.15, -0.1) is 0 Å². The molecule has 0 heterocycles. The molecule has 1 aromatic carbocycles. The Hall–Kier alpha value is -2.44. The number of nitrogens with one attached hydrogen (secondary N) is 2. The van der Waals surface area contributed by atoms with Gasteiger partial charge in [-0.3, -0.25) is 9.59 Å². The van der Waals surface area contributed by atoms with Gasteiger partial charge in [0.15, 0.2) is 5.75 Å². The lowest BCUT2D eigenvalue weighted by molar-refractivity contribution is 0.0946. The number of hydrogen-bond donors (Lipinski definition) is 3. The maximum absolute atomic E-state index is 11.8. The normalized spacial score (nSPS) is 9.68. The first-order valence-corrected chi connectivity index (χ1v) is 5.50. The number of hydrogen-bond acceptors (Lipinski definition) is 5. The zero-order chi connectivity index (χ0) is 14.6. The second-order valence-corrected chi connectivity index (χ2v) is 3.61. The molecule has 0 unspecified atom stereocenters. The second-order valence-electron chi connectivity index (χ2n) is 3.61. The summed E-state index contributed by atoms with van der Waals surface area (Å²) in [6.45, 7) is 0. The highest BCUT2D eigenvalue weighted by Gasteiger charge is 2.24. The smallest absolute Gasteiger partial charge is 0.257 e. The number of anilines is 1. The van der Waals surface area contributed by atoms with Gasteiger partial charge in [0.2, 0.25) is 0 Å². The molecule has 0 bridgehead atoms. The van der Waals surface area contributed by atoms with Crippen molar-refractivity contribution in [1.29, 1.82) is 0 Å². The lowest BCUT2D eigenvalue weighted by Crippen LogP contribution is -2.23. The van der Waals surface area contributed by atoms with Crippen LogP contribution >= 0.6 is 0 Å². The summed E-state index contributed by atoms with van der Waals surface area (Å²) in [5.41, 5.74) is 6.28. The molecular weight excluding hydrogens is 250 g/mol. The van der Waals surface area contributed by atoms with Crippen molar-refractivity contribution in [2.45, 2.75) is 0 Å². The molecule has 1 aromatic rings. The summed E-state index contributed by atoms with van der Waals surface area (Å²) in [5, 5.41) is 4.92. The van der Waals surface area contributed by atoms with Gasteiger partial charge in [-0.25, -0.2) is 0 Å². The third-order valence-corrected chi connectivity index (χ3v) is 2.63. The van der Waals surface area contributed by atoms with Crippen LogP contribution in [0.15, 0.2) is 6.07 Å². The number of methoxy groups -OCH3 is 2. The van der Waals surface area contributed by atoms with Crippen molar-refractivity contribution in [3.05, 3.63) is 17.2 Å². The molecule has 0 aromatic heterocycles. The van der Waals surface area contributed by atoms with E-state index in [1.807, 2.05) is 0 Å². The minimum Gasteiger partial charge on any atom is -0.496 e. The Balaban J connectivity index is 3.61. The van der Waals surface area contributed by atoms with Crippen LogP contribution in [-0.2, 0) is 0 Å². The van der Waals surface area contributed by atoms with E-state index in [9.17, 15) is 9.59 Å². The van der Waals surface area contributed by atoms with Gasteiger partial charge < -0.3 is 25.8 Å². The first-order valence-electron chi connectivity index (χ1n) is 5.50. The Labute approximate surface area is 111 Å². The van der Waals surface area contributed by atoms with E-state index >= 15 is 0 Å². The molecular formula is C12H17N3O4. The molecule has 0 aliphatic heterocycles. The molecule has 0 fully saturated rings. The van der Waals surface area contributed by atoms with Crippen LogP contribution in [0.5, 0.6) is 11.5 Å². The Morgan fingerprint density at radius 3 is 2.11 bits per heavy atom. The molecule has 7 heteroatoms. The molecule has 19 heavy (non-hydrogen) atoms. The molecule has 0 aliphatic rings. The van der Waals surface area contributed by atoms with Crippen molar-refractivity contribution in [2.24, 2.45) is 0 Å². The molecule has 0 atom stereocenters. The zero-order valence-corrected chi connectivity index (χ0v) is 11.3. The van der Waals surface area contributed by atoms with E-state index in [0.29, 0.717) is 0 Å². The third kappa shape index (κ3) is 2.54. The second kappa shape index (κ2) is 5.94. The topological polar surface area (TPSA) is 103 Å². The summed E-state index contributed by atoms with van der Waals surface area (Å²) in [6.07, 6.45) is 0. The van der Waals surface area contributed by atoms with Crippen molar-refractivity contribution in [3.63, 3.8) is 0 Å². The van der Waals surface area contributed by atoms with Gasteiger partial charge in [0.25, 0.3) is 11.8 Å². The van der Waals surface area contributed by atoms with Crippen molar-refractivity contribution >= 4 is 17.5 Å². The van der Waals surface area contributed by atoms with Crippen LogP contribution < -0.4 is 25.8 Å². The van der Waals surface area contributed by atoms with Crippen molar-refractivity contribution in [3.8, 4) is 11.5 Å². The average molecular weight is 267 g/mol. The lowest BCUT2D eigenvalue weighted by Gasteiger charge is -2.16. The molecule has 7 nitrogen and oxygen atoms in total. The van der Waals surface area contributed by atoms with Gasteiger partial charge in [0.05, 0.1) is 25.5 Å². The fourth-order valence-corrected chi connectivity index (χ4v) is 1.70. The number of nitrogens with two attached hydrogens (primary N) is 1. The van der Waals surface area contributed by atoms with Gasteiger partial charge >= 0.3 is 0 Å². The van der Waals surface area contributed by atoms with Crippen LogP contribution in [0.25, 0.3) is 0 Å². The third-order valence-electron chi connectivity index (χ3n) is 2.63. The molecule has 0 aliphatic carbocycles. The van der Waals surface area contributed by atoms with E-state index in [0.717, 1.165) is 0 Å². The Bertz CT molecular complexity index is 514. The summed E-state index contributed by atoms with van der Waals surface area (Å²) < 4.78 is 10.2. The maximum Gasteiger partial charge on any atom is 0.257 e. The van der Waals surface area contributed by atoms with Crippen LogP contribution in [0.2, 0.25) is 0 Å². The van der Waals surface area contributed by atoms with E-state index < -0.39 is 5.91 Å². The molecule has 2 amide bonds. The van der Waals surface area contributed by atoms with E-state index in [1.165, 1.54) is 34.4 Å². The van der Waals surface area contributed by atoms with Gasteiger partial charge in [-0.05, 0) is 6.07 Å². The summed E-state index contributed by atoms with van der Waals surface area (Å²) in [5.74, 6) is -0.462. The number of carbonyl (C=O) groups excluding carboxylic acids is 2. The quantitative estimate of drug-likeness (QED) is 0.667. The van der Waals surface area contributed by atoms with E-state index in [1.54, 1.807) is 0 Å². The van der Waals surface area contributed by atoms with Crippen LogP contribution in [0.4, 0.5) is 5.69 Å². The lowest BCUT2D eigenvalue weighted by atomic mass is 10.0. The van der Waals surface area contributed by atoms with Gasteiger partial charge in [0.1, 0.15) is 11.3 Å². The number of carbonyl (C=O) groups is 2. The maximum atomic E-state index is 11.8. The highest BCUT2D eigenvalue weighted by atomic mass is 16.5. The van der Waals surface area contributed by atoms with Crippen LogP contribution in [-0.4, -0.2) is 40.1 Å². The zero-order valence-electron chi connectivity index (χ0n) is 11.3. The van der Waals surface area contributed by atoms with Gasteiger partial charge in [-0.1, -0.05) is 0 Å². The summed E-state index contributed by atoms with van der Waals surface area (Å²) in [4.78, 5) is 23.6. The highest BCUT2D eigenvalue weighted by Crippen LogP contribution is 2.36. The fourth-order valence-electron chi connectivity index (χ4n) is 1.70. The predicted octanol–water partition coefficient (Wildman–Crippen LogP) is 0.00520. The minimum absolute atomic E-state index is 0.0554. The Morgan fingerprint density at radius 2 is 1.68 bits per heavy atom. The number of amides is 2. The van der Waals surface area contributed by atoms with E-state index in [2.05, 4.69) is 10.6 Å². The van der Waals surface area contributed by atoms with E-state index in [4.69, 9.17) is 15.2 Å². The Morgan fingerprint density at radius 1 is 1.11 bits per heavy atom. The largest absolute Gasteiger partial charge is 0.496 e. The summed E-state index contributed by atoms with van der Waals surface area (Å²) in [7, 11) is 5.72. The first-order chi connectivity index (χ1) is 9.01. The molecule has 0 spiro atoms. The first kappa shape index (κ1) is 14.6. The number of benzene rings is 1. The average Bonchev–Trinajstić information content (AvgIpc) is 2.44. The highest BCUT2D eigenvalue weighted by molar-refractivity contribution is 6.07. The summed E-state index contributed by atoms with van der Waals surface area (Å²) in [6, 6.07) is 1.42. The summed E-state index contributed by atoms with van der Waals surface area (Å²) >= 11 is 0. The number of rotatable bonds is 4. The number of nitrogen functional groups attached to an aromatic ring is 1. The SMILES string of the molecule is CNC(=O)c1cc(OC)c(C(=O)NC)c(N)c1OC. The minimum atomic E-state index is -0.420. The van der Waals surface area contributed by atoms with Crippen LogP contribution in [0.1, 0.15) is 20.7 Å². The predicted molar refractivity (Wildman–Crippen MR) is 70.7 cm³/mol. The molecule has 104 valence electrons. The molecule has 4 N–H and O–H groups in total. The molecule has 1 rings (SSSR count). The van der Waals surface area contributed by atoms with Crippen LogP contribution in [0.3, 0.4) is 0 Å². The van der Waals surface area contributed by atoms with Gasteiger partial charge in [0, 0.05) is 14.1 Å². The van der Waals surface area contributed by atoms with Crippen LogP contribution in [0, 0.1) is 0 Å². The van der Waals surface area contributed by atoms with E-state index in [-0.39, 0.29) is 34.2 Å². The molecule has 0 saturated heterocycles. The number of ether oxygens (including phenoxy) is 2. The standard InChI is InChI=1S/C12H17N3O4/c1-14-11(16)6-5-7(18-3)8(12(17)15-2)9(13)10(6)19-4/h5H,13H2,1-4H3,(H,14,16)(H,15,17). The fraction of sp³-hybridized carbons (Fsp3) is 0.333. The van der Waals surface area contributed by atoms with Crippen molar-refractivity contribution in [2.75, 3.05) is 34.0 Å². The van der Waals surface area contributed by atoms with Gasteiger partial charge in [-0.2, -0.15) is 0 Å². The Kier molecular flexibility index (Phi) is 4.57. The monoisotopic (exact) mass is 267 g/mol. The van der Waals surface area contributed by atoms with Crippen molar-refractivity contribution in [1.82, 2.24) is 10.6 Å². The molecule has 0 radical (unpaired) electrons. The molecule has 0 saturated carbocycles. The van der Waals surface area contributed by atoms with Crippen molar-refractivity contribution < 1.29 is 19.1 Å².